The van der Waals surface area contributed by atoms with Gasteiger partial charge in [-0.25, -0.2) is 0 Å². The Labute approximate surface area is 103 Å². The highest BCUT2D eigenvalue weighted by molar-refractivity contribution is 5.84. The minimum absolute atomic E-state index is 0.00582. The van der Waals surface area contributed by atoms with E-state index in [0.29, 0.717) is 0 Å². The van der Waals surface area contributed by atoms with Crippen LogP contribution in [0.4, 0.5) is 5.69 Å². The monoisotopic (exact) mass is 235 g/mol. The summed E-state index contributed by atoms with van der Waals surface area (Å²) in [6.07, 6.45) is 3.49. The molecule has 0 radical (unpaired) electrons. The number of hydrogen-bond acceptors (Lipinski definition) is 3. The van der Waals surface area contributed by atoms with Crippen molar-refractivity contribution in [2.24, 2.45) is 0 Å². The maximum absolute atomic E-state index is 11.9. The number of carbonyl (C=O) groups is 1. The Morgan fingerprint density at radius 2 is 2.06 bits per heavy atom. The van der Waals surface area contributed by atoms with Crippen molar-refractivity contribution in [2.75, 3.05) is 5.32 Å². The molecule has 0 bridgehead atoms. The van der Waals surface area contributed by atoms with E-state index in [1.807, 2.05) is 40.7 Å². The quantitative estimate of drug-likeness (QED) is 0.843. The highest BCUT2D eigenvalue weighted by Gasteiger charge is 2.19. The van der Waals surface area contributed by atoms with Gasteiger partial charge in [-0.3, -0.25) is 9.78 Å². The summed E-state index contributed by atoms with van der Waals surface area (Å²) in [6, 6.07) is 1.60. The van der Waals surface area contributed by atoms with E-state index < -0.39 is 0 Å². The number of aryl methyl sites for hydroxylation is 1. The van der Waals surface area contributed by atoms with Gasteiger partial charge < -0.3 is 10.6 Å². The van der Waals surface area contributed by atoms with Crippen LogP contribution in [0.25, 0.3) is 0 Å². The molecule has 1 unspecified atom stereocenters. The van der Waals surface area contributed by atoms with Crippen molar-refractivity contribution in [3.63, 3.8) is 0 Å². The van der Waals surface area contributed by atoms with Crippen LogP contribution in [0.15, 0.2) is 18.5 Å². The molecular weight excluding hydrogens is 214 g/mol. The molecule has 4 nitrogen and oxygen atoms in total. The summed E-state index contributed by atoms with van der Waals surface area (Å²) in [4.78, 5) is 15.9. The normalized spacial score (nSPS) is 13.0. The molecule has 1 heterocycles. The lowest BCUT2D eigenvalue weighted by molar-refractivity contribution is -0.122. The molecule has 0 saturated carbocycles. The molecule has 1 rings (SSSR count). The van der Waals surface area contributed by atoms with Crippen LogP contribution in [-0.4, -0.2) is 22.5 Å². The fourth-order valence-electron chi connectivity index (χ4n) is 1.41. The summed E-state index contributed by atoms with van der Waals surface area (Å²) in [6.45, 7) is 9.71. The molecule has 0 aliphatic heterocycles. The molecule has 0 spiro atoms. The minimum Gasteiger partial charge on any atom is -0.374 e. The summed E-state index contributed by atoms with van der Waals surface area (Å²) >= 11 is 0. The highest BCUT2D eigenvalue weighted by atomic mass is 16.2. The highest BCUT2D eigenvalue weighted by Crippen LogP contribution is 2.13. The van der Waals surface area contributed by atoms with Gasteiger partial charge in [0.1, 0.15) is 6.04 Å². The van der Waals surface area contributed by atoms with Crippen LogP contribution in [-0.2, 0) is 4.79 Å². The van der Waals surface area contributed by atoms with Crippen LogP contribution in [0.2, 0.25) is 0 Å². The molecule has 1 atom stereocenters. The molecule has 1 aromatic heterocycles. The number of anilines is 1. The predicted octanol–water partition coefficient (Wildman–Crippen LogP) is 2.11. The fourth-order valence-corrected chi connectivity index (χ4v) is 1.41. The van der Waals surface area contributed by atoms with Crippen LogP contribution in [0.3, 0.4) is 0 Å². The number of nitrogens with zero attached hydrogens (tertiary/aromatic N) is 1. The molecule has 0 aromatic carbocycles. The minimum atomic E-state index is -0.268. The molecule has 17 heavy (non-hydrogen) atoms. The number of aromatic nitrogens is 1. The first-order valence-corrected chi connectivity index (χ1v) is 5.79. The number of carbonyl (C=O) groups excluding carboxylic acids is 1. The Hall–Kier alpha value is -1.58. The van der Waals surface area contributed by atoms with Gasteiger partial charge in [0.25, 0.3) is 0 Å². The Balaban J connectivity index is 2.64. The Morgan fingerprint density at radius 1 is 1.41 bits per heavy atom. The second kappa shape index (κ2) is 5.17. The van der Waals surface area contributed by atoms with Gasteiger partial charge in [-0.15, -0.1) is 0 Å². The zero-order chi connectivity index (χ0) is 13.1. The molecule has 2 N–H and O–H groups in total. The first kappa shape index (κ1) is 13.5. The van der Waals surface area contributed by atoms with Crippen LogP contribution >= 0.6 is 0 Å². The van der Waals surface area contributed by atoms with Crippen LogP contribution in [0.1, 0.15) is 33.3 Å². The van der Waals surface area contributed by atoms with Gasteiger partial charge in [-0.1, -0.05) is 0 Å². The number of amides is 1. The van der Waals surface area contributed by atoms with Crippen molar-refractivity contribution < 1.29 is 4.79 Å². The Kier molecular flexibility index (Phi) is 4.10. The van der Waals surface area contributed by atoms with Crippen molar-refractivity contribution >= 4 is 11.6 Å². The van der Waals surface area contributed by atoms with E-state index in [1.165, 1.54) is 0 Å². The summed E-state index contributed by atoms with van der Waals surface area (Å²) in [5.74, 6) is -0.00582. The number of rotatable bonds is 3. The zero-order valence-electron chi connectivity index (χ0n) is 11.2. The lowest BCUT2D eigenvalue weighted by Crippen LogP contribution is -2.47. The van der Waals surface area contributed by atoms with E-state index in [2.05, 4.69) is 15.6 Å². The third kappa shape index (κ3) is 4.43. The van der Waals surface area contributed by atoms with Gasteiger partial charge in [0.05, 0.1) is 0 Å². The van der Waals surface area contributed by atoms with Gasteiger partial charge in [-0.2, -0.15) is 0 Å². The maximum atomic E-state index is 11.9. The lowest BCUT2D eigenvalue weighted by Gasteiger charge is -2.24. The molecule has 1 aromatic rings. The standard InChI is InChI=1S/C13H21N3O/c1-9-8-14-7-6-11(9)15-10(2)12(17)16-13(3,4)5/h6-8,10H,1-5H3,(H,14,15)(H,16,17). The first-order chi connectivity index (χ1) is 7.79. The van der Waals surface area contributed by atoms with E-state index in [0.717, 1.165) is 11.3 Å². The van der Waals surface area contributed by atoms with Crippen LogP contribution in [0.5, 0.6) is 0 Å². The second-order valence-electron chi connectivity index (χ2n) is 5.30. The molecule has 0 fully saturated rings. The van der Waals surface area contributed by atoms with Crippen molar-refractivity contribution in [2.45, 2.75) is 46.2 Å². The third-order valence-electron chi connectivity index (χ3n) is 2.28. The van der Waals surface area contributed by atoms with Gasteiger partial charge in [-0.05, 0) is 46.2 Å². The van der Waals surface area contributed by atoms with Crippen molar-refractivity contribution in [1.82, 2.24) is 10.3 Å². The van der Waals surface area contributed by atoms with E-state index in [-0.39, 0.29) is 17.5 Å². The van der Waals surface area contributed by atoms with Crippen LogP contribution < -0.4 is 10.6 Å². The number of hydrogen-bond donors (Lipinski definition) is 2. The molecule has 4 heteroatoms. The first-order valence-electron chi connectivity index (χ1n) is 5.79. The maximum Gasteiger partial charge on any atom is 0.242 e. The van der Waals surface area contributed by atoms with E-state index in [1.54, 1.807) is 12.4 Å². The molecule has 0 aliphatic carbocycles. The third-order valence-corrected chi connectivity index (χ3v) is 2.28. The molecular formula is C13H21N3O. The van der Waals surface area contributed by atoms with Gasteiger partial charge in [0.2, 0.25) is 5.91 Å². The average Bonchev–Trinajstić information content (AvgIpc) is 2.18. The van der Waals surface area contributed by atoms with E-state index in [4.69, 9.17) is 0 Å². The summed E-state index contributed by atoms with van der Waals surface area (Å²) in [5.41, 5.74) is 1.76. The lowest BCUT2D eigenvalue weighted by atomic mass is 10.1. The van der Waals surface area contributed by atoms with Crippen molar-refractivity contribution in [1.29, 1.82) is 0 Å². The predicted molar refractivity (Wildman–Crippen MR) is 70.0 cm³/mol. The summed E-state index contributed by atoms with van der Waals surface area (Å²) in [7, 11) is 0. The SMILES string of the molecule is Cc1cnccc1NC(C)C(=O)NC(C)(C)C. The van der Waals surface area contributed by atoms with E-state index >= 15 is 0 Å². The summed E-state index contributed by atoms with van der Waals surface area (Å²) < 4.78 is 0. The smallest absolute Gasteiger partial charge is 0.242 e. The fraction of sp³-hybridized carbons (Fsp3) is 0.538. The van der Waals surface area contributed by atoms with Crippen molar-refractivity contribution in [3.05, 3.63) is 24.0 Å². The van der Waals surface area contributed by atoms with Gasteiger partial charge >= 0.3 is 0 Å². The van der Waals surface area contributed by atoms with Crippen molar-refractivity contribution in [3.8, 4) is 0 Å². The van der Waals surface area contributed by atoms with E-state index in [9.17, 15) is 4.79 Å². The van der Waals surface area contributed by atoms with Gasteiger partial charge in [0.15, 0.2) is 0 Å². The van der Waals surface area contributed by atoms with Gasteiger partial charge in [0, 0.05) is 23.6 Å². The molecule has 1 amide bonds. The number of pyridine rings is 1. The molecule has 94 valence electrons. The Bertz CT molecular complexity index is 396. The molecule has 0 saturated heterocycles. The van der Waals surface area contributed by atoms with Crippen LogP contribution in [0, 0.1) is 6.92 Å². The zero-order valence-corrected chi connectivity index (χ0v) is 11.2. The average molecular weight is 235 g/mol. The molecule has 0 aliphatic rings. The largest absolute Gasteiger partial charge is 0.374 e. The number of nitrogens with one attached hydrogen (secondary N) is 2. The second-order valence-corrected chi connectivity index (χ2v) is 5.30. The summed E-state index contributed by atoms with van der Waals surface area (Å²) in [5, 5.41) is 6.12. The Morgan fingerprint density at radius 3 is 2.59 bits per heavy atom. The topological polar surface area (TPSA) is 54.0 Å².